The molecule has 0 fully saturated rings. The first-order valence-corrected chi connectivity index (χ1v) is 5.33. The third-order valence-electron chi connectivity index (χ3n) is 2.41. The van der Waals surface area contributed by atoms with Gasteiger partial charge in [0.05, 0.1) is 6.33 Å². The second-order valence-corrected chi connectivity index (χ2v) is 3.63. The number of fused-ring (bicyclic) bond motifs is 1. The van der Waals surface area contributed by atoms with Gasteiger partial charge in [-0.3, -0.25) is 4.98 Å². The van der Waals surface area contributed by atoms with E-state index in [4.69, 9.17) is 0 Å². The molecule has 0 saturated heterocycles. The Kier molecular flexibility index (Phi) is 2.39. The minimum atomic E-state index is -0.452. The van der Waals surface area contributed by atoms with Crippen molar-refractivity contribution in [1.82, 2.24) is 19.9 Å². The third kappa shape index (κ3) is 1.87. The number of rotatable bonds is 0. The normalized spacial score (nSPS) is 10.0. The van der Waals surface area contributed by atoms with Gasteiger partial charge in [-0.25, -0.2) is 9.78 Å². The van der Waals surface area contributed by atoms with E-state index in [-0.39, 0.29) is 0 Å². The van der Waals surface area contributed by atoms with Crippen molar-refractivity contribution in [2.24, 2.45) is 0 Å². The molecule has 0 aliphatic carbocycles. The van der Waals surface area contributed by atoms with Crippen molar-refractivity contribution in [3.63, 3.8) is 0 Å². The van der Waals surface area contributed by atoms with Crippen LogP contribution >= 0.6 is 0 Å². The summed E-state index contributed by atoms with van der Waals surface area (Å²) in [4.78, 5) is 24.5. The molecule has 0 saturated carbocycles. The predicted octanol–water partition coefficient (Wildman–Crippen LogP) is 1.05. The van der Waals surface area contributed by atoms with Gasteiger partial charge in [0.25, 0.3) is 0 Å². The van der Waals surface area contributed by atoms with Crippen molar-refractivity contribution in [3.8, 4) is 11.8 Å². The molecule has 0 unspecified atom stereocenters. The van der Waals surface area contributed by atoms with Gasteiger partial charge < -0.3 is 4.98 Å². The fourth-order valence-corrected chi connectivity index (χ4v) is 1.60. The molecular weight excluding hydrogens is 228 g/mol. The van der Waals surface area contributed by atoms with Crippen molar-refractivity contribution in [2.75, 3.05) is 0 Å². The molecule has 2 aromatic heterocycles. The largest absolute Gasteiger partial charge is 0.348 e. The summed E-state index contributed by atoms with van der Waals surface area (Å²) in [5.74, 6) is 5.89. The number of hydrogen-bond acceptors (Lipinski definition) is 3. The number of aromatic nitrogens is 4. The number of nitrogens with zero attached hydrogens (tertiary/aromatic N) is 2. The first kappa shape index (κ1) is 10.3. The van der Waals surface area contributed by atoms with Crippen LogP contribution in [-0.4, -0.2) is 19.9 Å². The number of imidazole rings is 1. The van der Waals surface area contributed by atoms with Gasteiger partial charge in [-0.1, -0.05) is 24.1 Å². The molecule has 5 nitrogen and oxygen atoms in total. The summed E-state index contributed by atoms with van der Waals surface area (Å²) in [6.07, 6.45) is 1.48. The highest BCUT2D eigenvalue weighted by atomic mass is 16.1. The van der Waals surface area contributed by atoms with Gasteiger partial charge in [-0.05, 0) is 18.1 Å². The van der Waals surface area contributed by atoms with Crippen LogP contribution in [0.1, 0.15) is 11.3 Å². The van der Waals surface area contributed by atoms with Crippen LogP contribution in [0.3, 0.4) is 0 Å². The maximum Gasteiger partial charge on any atom is 0.348 e. The second-order valence-electron chi connectivity index (χ2n) is 3.63. The Labute approximate surface area is 102 Å². The quantitative estimate of drug-likeness (QED) is 0.573. The van der Waals surface area contributed by atoms with Crippen molar-refractivity contribution < 1.29 is 0 Å². The summed E-state index contributed by atoms with van der Waals surface area (Å²) in [5.41, 5.74) is 1.93. The molecule has 0 aliphatic heterocycles. The Morgan fingerprint density at radius 3 is 2.78 bits per heavy atom. The van der Waals surface area contributed by atoms with E-state index in [0.717, 1.165) is 5.56 Å². The van der Waals surface area contributed by atoms with Crippen LogP contribution in [0.2, 0.25) is 0 Å². The molecule has 5 heteroatoms. The van der Waals surface area contributed by atoms with Crippen LogP contribution in [0, 0.1) is 11.8 Å². The molecule has 0 bridgehead atoms. The maximum atomic E-state index is 11.3. The highest BCUT2D eigenvalue weighted by Gasteiger charge is 2.03. The zero-order valence-corrected chi connectivity index (χ0v) is 9.27. The van der Waals surface area contributed by atoms with Crippen LogP contribution in [0.5, 0.6) is 0 Å². The minimum Gasteiger partial charge on any atom is -0.341 e. The highest BCUT2D eigenvalue weighted by molar-refractivity contribution is 5.75. The Balaban J connectivity index is 2.13. The summed E-state index contributed by atoms with van der Waals surface area (Å²) < 4.78 is 0. The van der Waals surface area contributed by atoms with Crippen LogP contribution in [0.25, 0.3) is 11.2 Å². The van der Waals surface area contributed by atoms with E-state index >= 15 is 0 Å². The van der Waals surface area contributed by atoms with Gasteiger partial charge in [0.2, 0.25) is 0 Å². The molecule has 86 valence electrons. The van der Waals surface area contributed by atoms with E-state index in [2.05, 4.69) is 31.8 Å². The number of hydrogen-bond donors (Lipinski definition) is 2. The number of H-pyrrole nitrogens is 2. The summed E-state index contributed by atoms with van der Waals surface area (Å²) >= 11 is 0. The number of nitrogens with one attached hydrogen (secondary N) is 2. The van der Waals surface area contributed by atoms with E-state index in [1.807, 2.05) is 30.3 Å². The SMILES string of the molecule is O=c1nc2nc[nH]c2c(C#Cc2ccccc2)[nH]1. The molecule has 18 heavy (non-hydrogen) atoms. The van der Waals surface area contributed by atoms with Crippen LogP contribution in [0.4, 0.5) is 0 Å². The average molecular weight is 236 g/mol. The van der Waals surface area contributed by atoms with Crippen LogP contribution < -0.4 is 5.69 Å². The Hall–Kier alpha value is -2.87. The second kappa shape index (κ2) is 4.18. The Morgan fingerprint density at radius 2 is 1.94 bits per heavy atom. The Bertz CT molecular complexity index is 805. The fraction of sp³-hybridized carbons (Fsp3) is 0. The molecule has 0 amide bonds. The molecule has 2 N–H and O–H groups in total. The van der Waals surface area contributed by atoms with E-state index in [9.17, 15) is 4.79 Å². The molecule has 2 heterocycles. The van der Waals surface area contributed by atoms with Crippen molar-refractivity contribution in [1.29, 1.82) is 0 Å². The van der Waals surface area contributed by atoms with Gasteiger partial charge >= 0.3 is 5.69 Å². The first-order valence-electron chi connectivity index (χ1n) is 5.33. The molecule has 3 rings (SSSR count). The number of aromatic amines is 2. The molecule has 3 aromatic rings. The van der Waals surface area contributed by atoms with E-state index < -0.39 is 5.69 Å². The summed E-state index contributed by atoms with van der Waals surface area (Å²) in [6.45, 7) is 0. The van der Waals surface area contributed by atoms with Gasteiger partial charge in [0, 0.05) is 5.56 Å². The Morgan fingerprint density at radius 1 is 1.11 bits per heavy atom. The summed E-state index contributed by atoms with van der Waals surface area (Å²) in [7, 11) is 0. The molecule has 0 atom stereocenters. The maximum absolute atomic E-state index is 11.3. The molecule has 0 aliphatic rings. The van der Waals surface area contributed by atoms with Gasteiger partial charge in [0.15, 0.2) is 5.65 Å². The zero-order chi connectivity index (χ0) is 12.4. The highest BCUT2D eigenvalue weighted by Crippen LogP contribution is 2.06. The number of benzene rings is 1. The molecule has 0 radical (unpaired) electrons. The van der Waals surface area contributed by atoms with E-state index in [0.29, 0.717) is 16.9 Å². The zero-order valence-electron chi connectivity index (χ0n) is 9.27. The third-order valence-corrected chi connectivity index (χ3v) is 2.41. The lowest BCUT2D eigenvalue weighted by Crippen LogP contribution is -2.11. The van der Waals surface area contributed by atoms with Gasteiger partial charge in [-0.15, -0.1) is 0 Å². The smallest absolute Gasteiger partial charge is 0.341 e. The van der Waals surface area contributed by atoms with Crippen molar-refractivity contribution in [2.45, 2.75) is 0 Å². The molecule has 1 aromatic carbocycles. The summed E-state index contributed by atoms with van der Waals surface area (Å²) in [5, 5.41) is 0. The lowest BCUT2D eigenvalue weighted by atomic mass is 10.2. The lowest BCUT2D eigenvalue weighted by molar-refractivity contribution is 1.09. The van der Waals surface area contributed by atoms with Gasteiger partial charge in [0.1, 0.15) is 11.2 Å². The van der Waals surface area contributed by atoms with E-state index in [1.165, 1.54) is 6.33 Å². The van der Waals surface area contributed by atoms with E-state index in [1.54, 1.807) is 0 Å². The average Bonchev–Trinajstić information content (AvgIpc) is 2.85. The molecule has 0 spiro atoms. The fourth-order valence-electron chi connectivity index (χ4n) is 1.60. The topological polar surface area (TPSA) is 74.4 Å². The monoisotopic (exact) mass is 236 g/mol. The van der Waals surface area contributed by atoms with Crippen LogP contribution in [-0.2, 0) is 0 Å². The minimum absolute atomic E-state index is 0.371. The van der Waals surface area contributed by atoms with Gasteiger partial charge in [-0.2, -0.15) is 4.98 Å². The summed E-state index contributed by atoms with van der Waals surface area (Å²) in [6, 6.07) is 9.54. The van der Waals surface area contributed by atoms with Crippen molar-refractivity contribution >= 4 is 11.2 Å². The predicted molar refractivity (Wildman–Crippen MR) is 66.9 cm³/mol. The lowest BCUT2D eigenvalue weighted by Gasteiger charge is -1.92. The van der Waals surface area contributed by atoms with Crippen LogP contribution in [0.15, 0.2) is 41.5 Å². The standard InChI is InChI=1S/C13H8N4O/c18-13-16-10(11-12(17-13)15-8-14-11)7-6-9-4-2-1-3-5-9/h1-5,8H,(H2,14,15,16,17,18). The molecular formula is C13H8N4O. The first-order chi connectivity index (χ1) is 8.83. The van der Waals surface area contributed by atoms with Crippen molar-refractivity contribution in [3.05, 3.63) is 58.4 Å².